The quantitative estimate of drug-likeness (QED) is 0.550. The van der Waals surface area contributed by atoms with Crippen molar-refractivity contribution in [1.82, 2.24) is 4.98 Å². The Labute approximate surface area is 165 Å². The lowest BCUT2D eigenvalue weighted by Gasteiger charge is -2.29. The van der Waals surface area contributed by atoms with Gasteiger partial charge in [-0.1, -0.05) is 55.0 Å². The van der Waals surface area contributed by atoms with Crippen molar-refractivity contribution in [2.75, 3.05) is 5.32 Å². The summed E-state index contributed by atoms with van der Waals surface area (Å²) in [5.41, 5.74) is 3.10. The summed E-state index contributed by atoms with van der Waals surface area (Å²) in [5.74, 6) is -0.463. The van der Waals surface area contributed by atoms with Gasteiger partial charge in [0.25, 0.3) is 0 Å². The smallest absolute Gasteiger partial charge is 0.231 e. The van der Waals surface area contributed by atoms with Gasteiger partial charge in [-0.05, 0) is 43.9 Å². The molecular formula is C24H25FN2O. The van der Waals surface area contributed by atoms with E-state index in [1.54, 1.807) is 6.07 Å². The maximum Gasteiger partial charge on any atom is 0.231 e. The van der Waals surface area contributed by atoms with Crippen LogP contribution in [0.25, 0.3) is 10.9 Å². The molecule has 0 aliphatic heterocycles. The highest BCUT2D eigenvalue weighted by Crippen LogP contribution is 2.33. The number of aryl methyl sites for hydroxylation is 1. The highest BCUT2D eigenvalue weighted by molar-refractivity contribution is 5.98. The van der Waals surface area contributed by atoms with Crippen molar-refractivity contribution in [1.29, 1.82) is 0 Å². The van der Waals surface area contributed by atoms with Gasteiger partial charge in [-0.2, -0.15) is 0 Å². The first kappa shape index (κ1) is 19.7. The van der Waals surface area contributed by atoms with Crippen molar-refractivity contribution >= 4 is 22.5 Å². The number of pyridine rings is 1. The van der Waals surface area contributed by atoms with Gasteiger partial charge >= 0.3 is 0 Å². The third-order valence-electron chi connectivity index (χ3n) is 5.04. The summed E-state index contributed by atoms with van der Waals surface area (Å²) in [6.07, 6.45) is 2.70. The van der Waals surface area contributed by atoms with E-state index in [9.17, 15) is 9.18 Å². The molecule has 0 saturated carbocycles. The number of carbonyl (C=O) groups is 1. The maximum absolute atomic E-state index is 14.0. The van der Waals surface area contributed by atoms with Crippen LogP contribution in [0.5, 0.6) is 0 Å². The molecule has 3 aromatic rings. The number of hydrogen-bond donors (Lipinski definition) is 1. The zero-order valence-corrected chi connectivity index (χ0v) is 16.6. The van der Waals surface area contributed by atoms with Crippen LogP contribution in [0.1, 0.15) is 31.4 Å². The molecule has 1 atom stereocenters. The summed E-state index contributed by atoms with van der Waals surface area (Å²) >= 11 is 0. The number of hydrogen-bond acceptors (Lipinski definition) is 2. The molecule has 0 bridgehead atoms. The molecule has 0 aliphatic carbocycles. The molecule has 1 amide bonds. The Morgan fingerprint density at radius 2 is 1.89 bits per heavy atom. The average molecular weight is 376 g/mol. The molecular weight excluding hydrogens is 351 g/mol. The molecule has 3 nitrogen and oxygen atoms in total. The molecule has 0 fully saturated rings. The minimum Gasteiger partial charge on any atom is -0.324 e. The van der Waals surface area contributed by atoms with E-state index >= 15 is 0 Å². The average Bonchev–Trinajstić information content (AvgIpc) is 2.64. The Kier molecular flexibility index (Phi) is 5.59. The summed E-state index contributed by atoms with van der Waals surface area (Å²) in [6, 6.07) is 14.8. The number of allylic oxidation sites excluding steroid dienone is 1. The third kappa shape index (κ3) is 4.11. The minimum absolute atomic E-state index is 0.0972. The van der Waals surface area contributed by atoms with Gasteiger partial charge < -0.3 is 5.32 Å². The number of anilines is 1. The van der Waals surface area contributed by atoms with Gasteiger partial charge in [-0.3, -0.25) is 9.78 Å². The van der Waals surface area contributed by atoms with Crippen LogP contribution in [0.4, 0.5) is 10.1 Å². The summed E-state index contributed by atoms with van der Waals surface area (Å²) in [5, 5.41) is 3.72. The van der Waals surface area contributed by atoms with E-state index < -0.39 is 5.41 Å². The molecule has 0 aliphatic rings. The Hall–Kier alpha value is -3.01. The van der Waals surface area contributed by atoms with E-state index in [2.05, 4.69) is 16.9 Å². The monoisotopic (exact) mass is 376 g/mol. The van der Waals surface area contributed by atoms with Gasteiger partial charge in [-0.25, -0.2) is 4.39 Å². The lowest BCUT2D eigenvalue weighted by atomic mass is 9.77. The third-order valence-corrected chi connectivity index (χ3v) is 5.04. The van der Waals surface area contributed by atoms with E-state index in [-0.39, 0.29) is 11.7 Å². The largest absolute Gasteiger partial charge is 0.324 e. The number of para-hydroxylation sites is 1. The fourth-order valence-corrected chi connectivity index (χ4v) is 3.65. The van der Waals surface area contributed by atoms with Gasteiger partial charge in [0.05, 0.1) is 17.3 Å². The van der Waals surface area contributed by atoms with Crippen molar-refractivity contribution in [3.63, 3.8) is 0 Å². The second kappa shape index (κ2) is 7.93. The standard InChI is InChI=1S/C24H25FN2O/c1-16(2)13-24(4,14-18-9-6-5-7-10-18)23(28)27-21-15-26-22-19(17(21)3)11-8-12-20(22)25/h5-12,15H,1,13-14H2,2-4H3,(H,27,28)/t24-/m0/s1. The van der Waals surface area contributed by atoms with Crippen LogP contribution in [-0.4, -0.2) is 10.9 Å². The molecule has 3 rings (SSSR count). The first-order chi connectivity index (χ1) is 13.3. The summed E-state index contributed by atoms with van der Waals surface area (Å²) in [7, 11) is 0. The number of carbonyl (C=O) groups excluding carboxylic acids is 1. The number of aromatic nitrogens is 1. The summed E-state index contributed by atoms with van der Waals surface area (Å²) < 4.78 is 14.0. The van der Waals surface area contributed by atoms with Crippen LogP contribution in [0.3, 0.4) is 0 Å². The summed E-state index contributed by atoms with van der Waals surface area (Å²) in [4.78, 5) is 17.5. The van der Waals surface area contributed by atoms with Crippen LogP contribution in [0.15, 0.2) is 66.9 Å². The zero-order valence-electron chi connectivity index (χ0n) is 16.6. The van der Waals surface area contributed by atoms with Gasteiger partial charge in [0, 0.05) is 5.39 Å². The van der Waals surface area contributed by atoms with Crippen molar-refractivity contribution in [2.24, 2.45) is 5.41 Å². The molecule has 0 spiro atoms. The molecule has 0 unspecified atom stereocenters. The van der Waals surface area contributed by atoms with Crippen LogP contribution in [0, 0.1) is 18.2 Å². The first-order valence-electron chi connectivity index (χ1n) is 9.34. The summed E-state index contributed by atoms with van der Waals surface area (Å²) in [6.45, 7) is 9.76. The molecule has 1 N–H and O–H groups in total. The molecule has 0 radical (unpaired) electrons. The van der Waals surface area contributed by atoms with Gasteiger partial charge in [0.15, 0.2) is 0 Å². The Morgan fingerprint density at radius 1 is 1.18 bits per heavy atom. The van der Waals surface area contributed by atoms with E-state index in [4.69, 9.17) is 0 Å². The molecule has 4 heteroatoms. The number of nitrogens with one attached hydrogen (secondary N) is 1. The Bertz CT molecular complexity index is 1030. The van der Waals surface area contributed by atoms with Crippen molar-refractivity contribution in [2.45, 2.75) is 33.6 Å². The fourth-order valence-electron chi connectivity index (χ4n) is 3.65. The van der Waals surface area contributed by atoms with Crippen molar-refractivity contribution in [3.05, 3.63) is 83.8 Å². The van der Waals surface area contributed by atoms with Gasteiger partial charge in [0.1, 0.15) is 11.3 Å². The van der Waals surface area contributed by atoms with Crippen LogP contribution < -0.4 is 5.32 Å². The number of benzene rings is 2. The topological polar surface area (TPSA) is 42.0 Å². The molecule has 2 aromatic carbocycles. The first-order valence-corrected chi connectivity index (χ1v) is 9.34. The van der Waals surface area contributed by atoms with Gasteiger partial charge in [0.2, 0.25) is 5.91 Å². The van der Waals surface area contributed by atoms with Crippen molar-refractivity contribution in [3.8, 4) is 0 Å². The molecule has 0 saturated heterocycles. The number of rotatable bonds is 6. The lowest BCUT2D eigenvalue weighted by molar-refractivity contribution is -0.124. The minimum atomic E-state index is -0.656. The highest BCUT2D eigenvalue weighted by atomic mass is 19.1. The maximum atomic E-state index is 14.0. The number of halogens is 1. The van der Waals surface area contributed by atoms with Crippen LogP contribution >= 0.6 is 0 Å². The van der Waals surface area contributed by atoms with E-state index in [1.165, 1.54) is 12.3 Å². The Balaban J connectivity index is 1.92. The van der Waals surface area contributed by atoms with Crippen molar-refractivity contribution < 1.29 is 9.18 Å². The highest BCUT2D eigenvalue weighted by Gasteiger charge is 2.34. The normalized spacial score (nSPS) is 13.1. The second-order valence-corrected chi connectivity index (χ2v) is 7.74. The number of fused-ring (bicyclic) bond motifs is 1. The lowest BCUT2D eigenvalue weighted by Crippen LogP contribution is -2.36. The number of amides is 1. The van der Waals surface area contributed by atoms with E-state index in [0.717, 1.165) is 16.7 Å². The molecule has 144 valence electrons. The molecule has 1 aromatic heterocycles. The van der Waals surface area contributed by atoms with Crippen LogP contribution in [0.2, 0.25) is 0 Å². The van der Waals surface area contributed by atoms with Crippen LogP contribution in [-0.2, 0) is 11.2 Å². The predicted molar refractivity (Wildman–Crippen MR) is 113 cm³/mol. The number of nitrogens with zero attached hydrogens (tertiary/aromatic N) is 1. The zero-order chi connectivity index (χ0) is 20.3. The molecule has 1 heterocycles. The Morgan fingerprint density at radius 3 is 2.57 bits per heavy atom. The molecule has 28 heavy (non-hydrogen) atoms. The van der Waals surface area contributed by atoms with Gasteiger partial charge in [-0.15, -0.1) is 6.58 Å². The SMILES string of the molecule is C=C(C)C[C@@](C)(Cc1ccccc1)C(=O)Nc1cnc2c(F)cccc2c1C. The second-order valence-electron chi connectivity index (χ2n) is 7.74. The van der Waals surface area contributed by atoms with E-state index in [1.807, 2.05) is 57.2 Å². The predicted octanol–water partition coefficient (Wildman–Crippen LogP) is 5.84. The van der Waals surface area contributed by atoms with E-state index in [0.29, 0.717) is 29.4 Å². The fraction of sp³-hybridized carbons (Fsp3) is 0.250.